The summed E-state index contributed by atoms with van der Waals surface area (Å²) in [7, 11) is -3.90. The Morgan fingerprint density at radius 1 is 0.878 bits per heavy atom. The molecule has 2 amide bonds. The molecule has 1 aromatic carbocycles. The molecule has 0 aromatic heterocycles. The Labute approximate surface area is 244 Å². The molecule has 0 bridgehead atoms. The fourth-order valence-corrected chi connectivity index (χ4v) is 6.80. The van der Waals surface area contributed by atoms with Gasteiger partial charge in [0.1, 0.15) is 6.04 Å². The number of carboxylic acids is 1. The minimum atomic E-state index is -3.90. The fourth-order valence-electron chi connectivity index (χ4n) is 5.56. The van der Waals surface area contributed by atoms with E-state index in [1.807, 2.05) is 6.07 Å². The van der Waals surface area contributed by atoms with Crippen molar-refractivity contribution >= 4 is 27.8 Å². The molecule has 2 fully saturated rings. The van der Waals surface area contributed by atoms with E-state index in [0.29, 0.717) is 11.8 Å². The van der Waals surface area contributed by atoms with Crippen LogP contribution in [0.1, 0.15) is 56.9 Å². The summed E-state index contributed by atoms with van der Waals surface area (Å²) in [5.41, 5.74) is 0.818. The van der Waals surface area contributed by atoms with Gasteiger partial charge in [-0.2, -0.15) is 4.72 Å². The Hall–Kier alpha value is -2.54. The molecule has 2 saturated heterocycles. The maximum absolute atomic E-state index is 13.1. The minimum absolute atomic E-state index is 0.153. The minimum Gasteiger partial charge on any atom is -0.480 e. The molecule has 1 atom stereocenters. The highest BCUT2D eigenvalue weighted by Gasteiger charge is 2.26. The highest BCUT2D eigenvalue weighted by atomic mass is 32.2. The molecule has 41 heavy (non-hydrogen) atoms. The van der Waals surface area contributed by atoms with Crippen LogP contribution in [0.3, 0.4) is 0 Å². The molecule has 3 rings (SSSR count). The number of amides is 2. The van der Waals surface area contributed by atoms with Crippen molar-refractivity contribution in [3.63, 3.8) is 0 Å². The molecule has 0 aliphatic carbocycles. The molecule has 0 saturated carbocycles. The molecule has 12 heteroatoms. The van der Waals surface area contributed by atoms with E-state index >= 15 is 0 Å². The van der Waals surface area contributed by atoms with Gasteiger partial charge in [0.05, 0.1) is 12.3 Å². The number of piperidine rings is 2. The molecule has 1 unspecified atom stereocenters. The third-order valence-corrected chi connectivity index (χ3v) is 9.57. The SMILES string of the molecule is O=C(CNC(=O)C(CCC1CCNCC1)CCC1CCNCC1)NCC(NS(=O)(=O)CCc1ccccc1)C(=O)O. The largest absolute Gasteiger partial charge is 0.480 e. The van der Waals surface area contributed by atoms with Crippen LogP contribution in [0.4, 0.5) is 0 Å². The van der Waals surface area contributed by atoms with E-state index in [2.05, 4.69) is 26.0 Å². The average molecular weight is 594 g/mol. The van der Waals surface area contributed by atoms with Crippen LogP contribution in [0.2, 0.25) is 0 Å². The first-order valence-electron chi connectivity index (χ1n) is 14.9. The first-order chi connectivity index (χ1) is 19.7. The Morgan fingerprint density at radius 3 is 1.98 bits per heavy atom. The number of sulfonamides is 1. The number of nitrogens with one attached hydrogen (secondary N) is 5. The summed E-state index contributed by atoms with van der Waals surface area (Å²) in [6, 6.07) is 7.50. The highest BCUT2D eigenvalue weighted by molar-refractivity contribution is 7.89. The molecular weight excluding hydrogens is 546 g/mol. The van der Waals surface area contributed by atoms with Gasteiger partial charge >= 0.3 is 5.97 Å². The van der Waals surface area contributed by atoms with Crippen LogP contribution < -0.4 is 26.0 Å². The third kappa shape index (κ3) is 12.9. The van der Waals surface area contributed by atoms with E-state index in [0.717, 1.165) is 83.1 Å². The van der Waals surface area contributed by atoms with Gasteiger partial charge in [0.15, 0.2) is 0 Å². The van der Waals surface area contributed by atoms with Crippen molar-refractivity contribution in [2.45, 2.75) is 63.8 Å². The van der Waals surface area contributed by atoms with Crippen molar-refractivity contribution in [3.05, 3.63) is 35.9 Å². The number of benzene rings is 1. The van der Waals surface area contributed by atoms with Gasteiger partial charge in [-0.15, -0.1) is 0 Å². The van der Waals surface area contributed by atoms with E-state index < -0.39 is 34.5 Å². The Balaban J connectivity index is 1.44. The quantitative estimate of drug-likeness (QED) is 0.156. The molecular formula is C29H47N5O6S. The van der Waals surface area contributed by atoms with Crippen LogP contribution in [0, 0.1) is 17.8 Å². The third-order valence-electron chi connectivity index (χ3n) is 8.18. The number of carbonyl (C=O) groups excluding carboxylic acids is 2. The van der Waals surface area contributed by atoms with Crippen LogP contribution in [-0.2, 0) is 30.8 Å². The van der Waals surface area contributed by atoms with Gasteiger partial charge in [0.25, 0.3) is 0 Å². The predicted octanol–water partition coefficient (Wildman–Crippen LogP) is 1.01. The van der Waals surface area contributed by atoms with Crippen molar-refractivity contribution < 1.29 is 27.9 Å². The van der Waals surface area contributed by atoms with Crippen molar-refractivity contribution in [1.29, 1.82) is 0 Å². The van der Waals surface area contributed by atoms with Crippen LogP contribution in [0.15, 0.2) is 30.3 Å². The van der Waals surface area contributed by atoms with Gasteiger partial charge in [0.2, 0.25) is 21.8 Å². The second-order valence-corrected chi connectivity index (χ2v) is 13.2. The van der Waals surface area contributed by atoms with Gasteiger partial charge < -0.3 is 26.4 Å². The number of aliphatic carboxylic acids is 1. The average Bonchev–Trinajstić information content (AvgIpc) is 2.98. The van der Waals surface area contributed by atoms with E-state index in [-0.39, 0.29) is 30.5 Å². The summed E-state index contributed by atoms with van der Waals surface area (Å²) in [5, 5.41) is 21.4. The lowest BCUT2D eigenvalue weighted by atomic mass is 9.84. The van der Waals surface area contributed by atoms with Crippen LogP contribution >= 0.6 is 0 Å². The maximum atomic E-state index is 13.1. The Bertz CT molecular complexity index is 1040. The molecule has 2 heterocycles. The second kappa shape index (κ2) is 17.4. The van der Waals surface area contributed by atoms with E-state index in [9.17, 15) is 27.9 Å². The van der Waals surface area contributed by atoms with E-state index in [1.165, 1.54) is 0 Å². The Morgan fingerprint density at radius 2 is 1.44 bits per heavy atom. The van der Waals surface area contributed by atoms with Crippen LogP contribution in [0.25, 0.3) is 0 Å². The van der Waals surface area contributed by atoms with Gasteiger partial charge in [0, 0.05) is 12.5 Å². The predicted molar refractivity (Wildman–Crippen MR) is 158 cm³/mol. The van der Waals surface area contributed by atoms with E-state index in [4.69, 9.17) is 0 Å². The summed E-state index contributed by atoms with van der Waals surface area (Å²) in [6.45, 7) is 3.33. The maximum Gasteiger partial charge on any atom is 0.323 e. The van der Waals surface area contributed by atoms with Gasteiger partial charge in [-0.3, -0.25) is 14.4 Å². The first kappa shape index (κ1) is 33.0. The number of hydrogen-bond acceptors (Lipinski definition) is 7. The number of carbonyl (C=O) groups is 3. The number of carboxylic acid groups (broad SMARTS) is 1. The standard InChI is InChI=1S/C29H47N5O6S/c35-27(32-20-26(29(37)38)34-41(39,40)19-14-22-4-2-1-3-5-22)21-33-28(36)25(8-6-23-10-15-30-16-11-23)9-7-24-12-17-31-18-13-24/h1-5,23-26,30-31,34H,6-21H2,(H,32,35)(H,33,36)(H,37,38). The molecule has 2 aliphatic heterocycles. The van der Waals surface area contributed by atoms with Gasteiger partial charge in [-0.25, -0.2) is 8.42 Å². The zero-order valence-corrected chi connectivity index (χ0v) is 24.7. The smallest absolute Gasteiger partial charge is 0.323 e. The van der Waals surface area contributed by atoms with E-state index in [1.54, 1.807) is 24.3 Å². The van der Waals surface area contributed by atoms with Crippen LogP contribution in [0.5, 0.6) is 0 Å². The normalized spacial score (nSPS) is 17.7. The molecule has 0 radical (unpaired) electrons. The van der Waals surface area contributed by atoms with Crippen molar-refractivity contribution in [3.8, 4) is 0 Å². The van der Waals surface area contributed by atoms with Crippen molar-refractivity contribution in [2.24, 2.45) is 17.8 Å². The number of hydrogen-bond donors (Lipinski definition) is 6. The summed E-state index contributed by atoms with van der Waals surface area (Å²) in [5.74, 6) is -1.34. The Kier molecular flexibility index (Phi) is 14.0. The molecule has 2 aliphatic rings. The van der Waals surface area contributed by atoms with Gasteiger partial charge in [-0.1, -0.05) is 30.3 Å². The molecule has 0 spiro atoms. The summed E-state index contributed by atoms with van der Waals surface area (Å²) in [6.07, 6.45) is 8.25. The summed E-state index contributed by atoms with van der Waals surface area (Å²) >= 11 is 0. The number of rotatable bonds is 17. The first-order valence-corrected chi connectivity index (χ1v) is 16.6. The zero-order valence-electron chi connectivity index (χ0n) is 23.9. The summed E-state index contributed by atoms with van der Waals surface area (Å²) in [4.78, 5) is 37.3. The van der Waals surface area contributed by atoms with Gasteiger partial charge in [-0.05, 0) is 101 Å². The van der Waals surface area contributed by atoms with Crippen LogP contribution in [-0.4, -0.2) is 82.4 Å². The molecule has 1 aromatic rings. The topological polar surface area (TPSA) is 166 Å². The summed E-state index contributed by atoms with van der Waals surface area (Å²) < 4.78 is 27.1. The fraction of sp³-hybridized carbons (Fsp3) is 0.690. The second-order valence-electron chi connectivity index (χ2n) is 11.3. The van der Waals surface area contributed by atoms with Crippen molar-refractivity contribution in [1.82, 2.24) is 26.0 Å². The lowest BCUT2D eigenvalue weighted by Crippen LogP contribution is -2.50. The highest BCUT2D eigenvalue weighted by Crippen LogP contribution is 2.26. The molecule has 11 nitrogen and oxygen atoms in total. The lowest BCUT2D eigenvalue weighted by Gasteiger charge is -2.27. The molecule has 230 valence electrons. The zero-order chi connectivity index (χ0) is 29.5. The monoisotopic (exact) mass is 593 g/mol. The number of aryl methyl sites for hydroxylation is 1. The van der Waals surface area contributed by atoms with Crippen molar-refractivity contribution in [2.75, 3.05) is 45.0 Å². The molecule has 6 N–H and O–H groups in total. The lowest BCUT2D eigenvalue weighted by molar-refractivity contribution is -0.139.